The Morgan fingerprint density at radius 3 is 2.50 bits per heavy atom. The Hall–Kier alpha value is -1.26. The lowest BCUT2D eigenvalue weighted by Crippen LogP contribution is -2.51. The van der Waals surface area contributed by atoms with E-state index in [0.717, 1.165) is 11.8 Å². The summed E-state index contributed by atoms with van der Waals surface area (Å²) in [5, 5.41) is 12.1. The number of aliphatic carboxylic acids is 1. The molecule has 0 spiro atoms. The molecule has 2 aliphatic carbocycles. The first kappa shape index (κ1) is 15.1. The number of fused-ring (bicyclic) bond motifs is 2. The van der Waals surface area contributed by atoms with Gasteiger partial charge < -0.3 is 15.3 Å². The predicted octanol–water partition coefficient (Wildman–Crippen LogP) is 2.32. The fourth-order valence-corrected chi connectivity index (χ4v) is 4.07. The van der Waals surface area contributed by atoms with Crippen molar-refractivity contribution < 1.29 is 14.7 Å². The van der Waals surface area contributed by atoms with E-state index in [0.29, 0.717) is 12.3 Å². The molecular formula is C15H26N2O3. The molecule has 0 radical (unpaired) electrons. The van der Waals surface area contributed by atoms with Crippen molar-refractivity contribution in [1.82, 2.24) is 10.2 Å². The second kappa shape index (κ2) is 6.02. The van der Waals surface area contributed by atoms with Crippen LogP contribution in [0.3, 0.4) is 0 Å². The fourth-order valence-electron chi connectivity index (χ4n) is 4.07. The smallest absolute Gasteiger partial charge is 0.326 e. The maximum Gasteiger partial charge on any atom is 0.326 e. The van der Waals surface area contributed by atoms with Crippen molar-refractivity contribution >= 4 is 12.0 Å². The molecule has 0 heterocycles. The van der Waals surface area contributed by atoms with Crippen LogP contribution in [0.5, 0.6) is 0 Å². The Balaban J connectivity index is 1.89. The van der Waals surface area contributed by atoms with Crippen LogP contribution < -0.4 is 5.32 Å². The van der Waals surface area contributed by atoms with Gasteiger partial charge in [-0.05, 0) is 50.4 Å². The fraction of sp³-hybridized carbons (Fsp3) is 0.867. The molecule has 5 nitrogen and oxygen atoms in total. The number of carboxylic acids is 1. The Labute approximate surface area is 120 Å². The summed E-state index contributed by atoms with van der Waals surface area (Å²) in [6.07, 6.45) is 5.58. The maximum absolute atomic E-state index is 12.2. The molecule has 0 aromatic rings. The van der Waals surface area contributed by atoms with Crippen molar-refractivity contribution in [2.24, 2.45) is 17.8 Å². The van der Waals surface area contributed by atoms with Crippen molar-refractivity contribution in [3.05, 3.63) is 0 Å². The molecule has 0 aromatic carbocycles. The standard InChI is InChI=1S/C15H26N2O3/c1-4-13(14(18)19)17(3)15(20)16-9(2)12-8-10-5-6-11(12)7-10/h9-13H,4-8H2,1-3H3,(H,16,20)(H,18,19). The van der Waals surface area contributed by atoms with E-state index in [4.69, 9.17) is 5.11 Å². The number of likely N-dealkylation sites (N-methyl/N-ethyl adjacent to an activating group) is 1. The third-order valence-corrected chi connectivity index (χ3v) is 5.25. The van der Waals surface area contributed by atoms with Gasteiger partial charge in [0.1, 0.15) is 6.04 Å². The van der Waals surface area contributed by atoms with Gasteiger partial charge in [-0.15, -0.1) is 0 Å². The predicted molar refractivity (Wildman–Crippen MR) is 76.4 cm³/mol. The van der Waals surface area contributed by atoms with Crippen molar-refractivity contribution in [3.8, 4) is 0 Å². The van der Waals surface area contributed by atoms with Gasteiger partial charge in [0.25, 0.3) is 0 Å². The van der Waals surface area contributed by atoms with Crippen LogP contribution in [0.2, 0.25) is 0 Å². The number of nitrogens with one attached hydrogen (secondary N) is 1. The van der Waals surface area contributed by atoms with Gasteiger partial charge >= 0.3 is 12.0 Å². The van der Waals surface area contributed by atoms with E-state index >= 15 is 0 Å². The molecule has 5 unspecified atom stereocenters. The number of carbonyl (C=O) groups excluding carboxylic acids is 1. The number of nitrogens with zero attached hydrogens (tertiary/aromatic N) is 1. The summed E-state index contributed by atoms with van der Waals surface area (Å²) in [4.78, 5) is 24.6. The highest BCUT2D eigenvalue weighted by molar-refractivity contribution is 5.82. The van der Waals surface area contributed by atoms with E-state index in [2.05, 4.69) is 12.2 Å². The average molecular weight is 282 g/mol. The first-order valence-electron chi connectivity index (χ1n) is 7.70. The molecule has 2 aliphatic rings. The summed E-state index contributed by atoms with van der Waals surface area (Å²) in [5.74, 6) is 1.22. The number of rotatable bonds is 5. The topological polar surface area (TPSA) is 69.6 Å². The minimum absolute atomic E-state index is 0.131. The van der Waals surface area contributed by atoms with E-state index in [1.165, 1.54) is 30.6 Å². The van der Waals surface area contributed by atoms with Gasteiger partial charge in [-0.1, -0.05) is 13.3 Å². The first-order chi connectivity index (χ1) is 9.43. The molecule has 2 bridgehead atoms. The van der Waals surface area contributed by atoms with Gasteiger partial charge in [0.15, 0.2) is 0 Å². The van der Waals surface area contributed by atoms with Crippen LogP contribution in [0, 0.1) is 17.8 Å². The number of carboxylic acid groups (broad SMARTS) is 1. The number of hydrogen-bond donors (Lipinski definition) is 2. The van der Waals surface area contributed by atoms with Gasteiger partial charge in [0.05, 0.1) is 0 Å². The van der Waals surface area contributed by atoms with Crippen LogP contribution >= 0.6 is 0 Å². The molecule has 2 fully saturated rings. The van der Waals surface area contributed by atoms with Gasteiger partial charge in [-0.2, -0.15) is 0 Å². The average Bonchev–Trinajstić information content (AvgIpc) is 3.00. The third kappa shape index (κ3) is 2.91. The van der Waals surface area contributed by atoms with Gasteiger partial charge in [-0.3, -0.25) is 0 Å². The summed E-state index contributed by atoms with van der Waals surface area (Å²) in [6.45, 7) is 3.83. The molecule has 20 heavy (non-hydrogen) atoms. The summed E-state index contributed by atoms with van der Waals surface area (Å²) < 4.78 is 0. The normalized spacial score (nSPS) is 30.9. The largest absolute Gasteiger partial charge is 0.480 e. The quantitative estimate of drug-likeness (QED) is 0.813. The number of carbonyl (C=O) groups is 2. The molecule has 2 saturated carbocycles. The molecule has 2 rings (SSSR count). The van der Waals surface area contributed by atoms with Crippen LogP contribution in [-0.2, 0) is 4.79 Å². The molecule has 2 N–H and O–H groups in total. The van der Waals surface area contributed by atoms with Gasteiger partial charge in [0, 0.05) is 13.1 Å². The Morgan fingerprint density at radius 1 is 1.35 bits per heavy atom. The van der Waals surface area contributed by atoms with Crippen LogP contribution in [0.4, 0.5) is 4.79 Å². The number of urea groups is 1. The zero-order valence-electron chi connectivity index (χ0n) is 12.6. The van der Waals surface area contributed by atoms with E-state index in [1.807, 2.05) is 0 Å². The van der Waals surface area contributed by atoms with E-state index in [9.17, 15) is 9.59 Å². The Morgan fingerprint density at radius 2 is 2.05 bits per heavy atom. The lowest BCUT2D eigenvalue weighted by Gasteiger charge is -2.31. The zero-order chi connectivity index (χ0) is 14.9. The monoisotopic (exact) mass is 282 g/mol. The second-order valence-corrected chi connectivity index (χ2v) is 6.45. The number of amides is 2. The highest BCUT2D eigenvalue weighted by Gasteiger charge is 2.42. The first-order valence-corrected chi connectivity index (χ1v) is 7.70. The zero-order valence-corrected chi connectivity index (χ0v) is 12.6. The second-order valence-electron chi connectivity index (χ2n) is 6.45. The van der Waals surface area contributed by atoms with Crippen molar-refractivity contribution in [2.45, 2.75) is 58.0 Å². The molecule has 5 heteroatoms. The van der Waals surface area contributed by atoms with Crippen LogP contribution in [0.15, 0.2) is 0 Å². The summed E-state index contributed by atoms with van der Waals surface area (Å²) in [6, 6.07) is -0.886. The SMILES string of the molecule is CCC(C(=O)O)N(C)C(=O)NC(C)C1CC2CCC1C2. The van der Waals surface area contributed by atoms with Crippen LogP contribution in [0.25, 0.3) is 0 Å². The van der Waals surface area contributed by atoms with E-state index < -0.39 is 12.0 Å². The molecule has 0 aromatic heterocycles. The van der Waals surface area contributed by atoms with Crippen molar-refractivity contribution in [1.29, 1.82) is 0 Å². The Kier molecular flexibility index (Phi) is 4.55. The highest BCUT2D eigenvalue weighted by Crippen LogP contribution is 2.49. The van der Waals surface area contributed by atoms with E-state index in [1.54, 1.807) is 14.0 Å². The van der Waals surface area contributed by atoms with Gasteiger partial charge in [0.2, 0.25) is 0 Å². The molecule has 5 atom stereocenters. The maximum atomic E-state index is 12.2. The van der Waals surface area contributed by atoms with Crippen molar-refractivity contribution in [2.75, 3.05) is 7.05 Å². The lowest BCUT2D eigenvalue weighted by molar-refractivity contribution is -0.141. The molecule has 2 amide bonds. The molecule has 114 valence electrons. The molecular weight excluding hydrogens is 256 g/mol. The van der Waals surface area contributed by atoms with E-state index in [-0.39, 0.29) is 12.1 Å². The minimum Gasteiger partial charge on any atom is -0.480 e. The van der Waals surface area contributed by atoms with Gasteiger partial charge in [-0.25, -0.2) is 9.59 Å². The van der Waals surface area contributed by atoms with Crippen molar-refractivity contribution in [3.63, 3.8) is 0 Å². The highest BCUT2D eigenvalue weighted by atomic mass is 16.4. The molecule has 0 saturated heterocycles. The van der Waals surface area contributed by atoms with Crippen LogP contribution in [0.1, 0.15) is 46.0 Å². The summed E-state index contributed by atoms with van der Waals surface area (Å²) >= 11 is 0. The lowest BCUT2D eigenvalue weighted by atomic mass is 9.84. The summed E-state index contributed by atoms with van der Waals surface area (Å²) in [7, 11) is 1.56. The molecule has 0 aliphatic heterocycles. The third-order valence-electron chi connectivity index (χ3n) is 5.25. The summed E-state index contributed by atoms with van der Waals surface area (Å²) in [5.41, 5.74) is 0. The Bertz CT molecular complexity index is 385. The minimum atomic E-state index is -0.947. The van der Waals surface area contributed by atoms with Crippen LogP contribution in [-0.4, -0.2) is 41.1 Å². The number of hydrogen-bond acceptors (Lipinski definition) is 2.